The van der Waals surface area contributed by atoms with Gasteiger partial charge in [-0.25, -0.2) is 18.5 Å². The standard InChI is InChI=1S/C19H21N5O2S/c1-24(16-5-3-2-4-6-16)18-12-14-22-19(23-18)21-13-11-15-7-9-17(10-8-15)27(20,25)26/h2-10,12,14H,11,13H2,1H3,(H2,20,25,26)(H,21,22,23). The van der Waals surface area contributed by atoms with Gasteiger partial charge in [-0.1, -0.05) is 30.3 Å². The molecule has 140 valence electrons. The van der Waals surface area contributed by atoms with Crippen molar-refractivity contribution in [2.45, 2.75) is 11.3 Å². The molecule has 0 aliphatic carbocycles. The molecule has 0 saturated heterocycles. The average Bonchev–Trinajstić information content (AvgIpc) is 2.68. The van der Waals surface area contributed by atoms with E-state index in [2.05, 4.69) is 15.3 Å². The van der Waals surface area contributed by atoms with Crippen molar-refractivity contribution in [3.63, 3.8) is 0 Å². The highest BCUT2D eigenvalue weighted by Crippen LogP contribution is 2.21. The topological polar surface area (TPSA) is 101 Å². The maximum absolute atomic E-state index is 11.3. The molecule has 0 aliphatic heterocycles. The molecule has 8 heteroatoms. The van der Waals surface area contributed by atoms with Gasteiger partial charge in [0.2, 0.25) is 16.0 Å². The van der Waals surface area contributed by atoms with Crippen molar-refractivity contribution in [3.05, 3.63) is 72.4 Å². The summed E-state index contributed by atoms with van der Waals surface area (Å²) in [5.41, 5.74) is 2.03. The Kier molecular flexibility index (Phi) is 5.68. The molecule has 0 bridgehead atoms. The minimum Gasteiger partial charge on any atom is -0.354 e. The Bertz CT molecular complexity index is 992. The average molecular weight is 383 g/mol. The molecule has 0 amide bonds. The van der Waals surface area contributed by atoms with Crippen molar-refractivity contribution in [1.29, 1.82) is 0 Å². The van der Waals surface area contributed by atoms with E-state index in [-0.39, 0.29) is 4.90 Å². The molecule has 2 aromatic carbocycles. The van der Waals surface area contributed by atoms with Gasteiger partial charge in [-0.15, -0.1) is 0 Å². The van der Waals surface area contributed by atoms with Gasteiger partial charge in [0.05, 0.1) is 4.90 Å². The van der Waals surface area contributed by atoms with Gasteiger partial charge >= 0.3 is 0 Å². The zero-order chi connectivity index (χ0) is 19.3. The van der Waals surface area contributed by atoms with Crippen molar-refractivity contribution in [3.8, 4) is 0 Å². The maximum Gasteiger partial charge on any atom is 0.238 e. The van der Waals surface area contributed by atoms with E-state index < -0.39 is 10.0 Å². The van der Waals surface area contributed by atoms with E-state index in [1.54, 1.807) is 18.3 Å². The zero-order valence-electron chi connectivity index (χ0n) is 14.9. The molecule has 0 fully saturated rings. The molecule has 0 aliphatic rings. The Morgan fingerprint density at radius 1 is 1.04 bits per heavy atom. The number of para-hydroxylation sites is 1. The van der Waals surface area contributed by atoms with Crippen LogP contribution in [0.3, 0.4) is 0 Å². The third-order valence-electron chi connectivity index (χ3n) is 4.08. The fraction of sp³-hybridized carbons (Fsp3) is 0.158. The summed E-state index contributed by atoms with van der Waals surface area (Å²) in [4.78, 5) is 10.9. The lowest BCUT2D eigenvalue weighted by Crippen LogP contribution is -2.14. The highest BCUT2D eigenvalue weighted by molar-refractivity contribution is 7.89. The number of benzene rings is 2. The van der Waals surface area contributed by atoms with Gasteiger partial charge in [0.15, 0.2) is 0 Å². The summed E-state index contributed by atoms with van der Waals surface area (Å²) in [6.45, 7) is 0.618. The number of primary sulfonamides is 1. The van der Waals surface area contributed by atoms with Gasteiger partial charge in [0, 0.05) is 25.5 Å². The quantitative estimate of drug-likeness (QED) is 0.650. The molecule has 27 heavy (non-hydrogen) atoms. The van der Waals surface area contributed by atoms with Crippen LogP contribution in [0.5, 0.6) is 0 Å². The van der Waals surface area contributed by atoms with E-state index in [0.29, 0.717) is 18.9 Å². The van der Waals surface area contributed by atoms with Crippen LogP contribution >= 0.6 is 0 Å². The van der Waals surface area contributed by atoms with Gasteiger partial charge < -0.3 is 10.2 Å². The fourth-order valence-corrected chi connectivity index (χ4v) is 3.08. The van der Waals surface area contributed by atoms with Crippen molar-refractivity contribution in [2.24, 2.45) is 5.14 Å². The van der Waals surface area contributed by atoms with Crippen molar-refractivity contribution in [2.75, 3.05) is 23.8 Å². The highest BCUT2D eigenvalue weighted by atomic mass is 32.2. The predicted molar refractivity (Wildman–Crippen MR) is 107 cm³/mol. The molecule has 0 spiro atoms. The van der Waals surface area contributed by atoms with Crippen LogP contribution in [0.1, 0.15) is 5.56 Å². The van der Waals surface area contributed by atoms with Crippen molar-refractivity contribution < 1.29 is 8.42 Å². The minimum absolute atomic E-state index is 0.110. The van der Waals surface area contributed by atoms with E-state index in [1.165, 1.54) is 12.1 Å². The number of aromatic nitrogens is 2. The van der Waals surface area contributed by atoms with E-state index in [1.807, 2.05) is 48.3 Å². The second-order valence-electron chi connectivity index (χ2n) is 6.00. The van der Waals surface area contributed by atoms with E-state index in [0.717, 1.165) is 17.1 Å². The Labute approximate surface area is 158 Å². The van der Waals surface area contributed by atoms with Crippen molar-refractivity contribution in [1.82, 2.24) is 9.97 Å². The number of hydrogen-bond acceptors (Lipinski definition) is 6. The lowest BCUT2D eigenvalue weighted by Gasteiger charge is -2.18. The number of sulfonamides is 1. The summed E-state index contributed by atoms with van der Waals surface area (Å²) in [5, 5.41) is 8.30. The van der Waals surface area contributed by atoms with Gasteiger partial charge in [0.25, 0.3) is 0 Å². The Balaban J connectivity index is 1.60. The molecule has 7 nitrogen and oxygen atoms in total. The molecule has 3 N–H and O–H groups in total. The Morgan fingerprint density at radius 3 is 2.41 bits per heavy atom. The molecule has 0 unspecified atom stereocenters. The smallest absolute Gasteiger partial charge is 0.238 e. The van der Waals surface area contributed by atoms with Gasteiger partial charge in [-0.05, 0) is 42.3 Å². The third kappa shape index (κ3) is 5.02. The number of nitrogens with zero attached hydrogens (tertiary/aromatic N) is 3. The number of anilines is 3. The van der Waals surface area contributed by atoms with E-state index >= 15 is 0 Å². The van der Waals surface area contributed by atoms with Crippen LogP contribution in [0.15, 0.2) is 71.8 Å². The molecular weight excluding hydrogens is 362 g/mol. The van der Waals surface area contributed by atoms with Gasteiger partial charge in [0.1, 0.15) is 5.82 Å². The van der Waals surface area contributed by atoms with Crippen LogP contribution in [0.25, 0.3) is 0 Å². The lowest BCUT2D eigenvalue weighted by molar-refractivity contribution is 0.598. The Morgan fingerprint density at radius 2 is 1.74 bits per heavy atom. The molecule has 1 heterocycles. The highest BCUT2D eigenvalue weighted by Gasteiger charge is 2.08. The fourth-order valence-electron chi connectivity index (χ4n) is 2.57. The first kappa shape index (κ1) is 18.8. The molecule has 0 saturated carbocycles. The number of nitrogens with two attached hydrogens (primary N) is 1. The number of nitrogens with one attached hydrogen (secondary N) is 1. The van der Waals surface area contributed by atoms with Crippen LogP contribution in [-0.2, 0) is 16.4 Å². The normalized spacial score (nSPS) is 11.2. The van der Waals surface area contributed by atoms with Gasteiger partial charge in [-0.3, -0.25) is 0 Å². The summed E-state index contributed by atoms with van der Waals surface area (Å²) in [5.74, 6) is 1.33. The van der Waals surface area contributed by atoms with Crippen LogP contribution in [0, 0.1) is 0 Å². The first-order valence-electron chi connectivity index (χ1n) is 8.41. The predicted octanol–water partition coefficient (Wildman–Crippen LogP) is 2.55. The molecule has 3 aromatic rings. The summed E-state index contributed by atoms with van der Waals surface area (Å²) in [6.07, 6.45) is 2.41. The second-order valence-corrected chi connectivity index (χ2v) is 7.56. The number of hydrogen-bond donors (Lipinski definition) is 2. The van der Waals surface area contributed by atoms with Crippen LogP contribution < -0.4 is 15.4 Å². The molecule has 0 radical (unpaired) electrons. The molecular formula is C19H21N5O2S. The summed E-state index contributed by atoms with van der Waals surface area (Å²) < 4.78 is 22.6. The van der Waals surface area contributed by atoms with Crippen LogP contribution in [-0.4, -0.2) is 32.0 Å². The van der Waals surface area contributed by atoms with Crippen LogP contribution in [0.2, 0.25) is 0 Å². The monoisotopic (exact) mass is 383 g/mol. The largest absolute Gasteiger partial charge is 0.354 e. The Hall–Kier alpha value is -2.97. The molecule has 3 rings (SSSR count). The van der Waals surface area contributed by atoms with Crippen molar-refractivity contribution >= 4 is 27.5 Å². The minimum atomic E-state index is -3.66. The van der Waals surface area contributed by atoms with E-state index in [9.17, 15) is 8.42 Å². The summed E-state index contributed by atoms with van der Waals surface area (Å²) in [7, 11) is -1.71. The molecule has 1 aromatic heterocycles. The lowest BCUT2D eigenvalue weighted by atomic mass is 10.1. The number of rotatable bonds is 7. The van der Waals surface area contributed by atoms with Crippen LogP contribution in [0.4, 0.5) is 17.5 Å². The first-order valence-corrected chi connectivity index (χ1v) is 9.95. The zero-order valence-corrected chi connectivity index (χ0v) is 15.7. The maximum atomic E-state index is 11.3. The van der Waals surface area contributed by atoms with E-state index in [4.69, 9.17) is 5.14 Å². The second kappa shape index (κ2) is 8.15. The first-order chi connectivity index (χ1) is 12.9. The summed E-state index contributed by atoms with van der Waals surface area (Å²) >= 11 is 0. The van der Waals surface area contributed by atoms with Gasteiger partial charge in [-0.2, -0.15) is 4.98 Å². The molecule has 0 atom stereocenters. The SMILES string of the molecule is CN(c1ccccc1)c1ccnc(NCCc2ccc(S(N)(=O)=O)cc2)n1. The summed E-state index contributed by atoms with van der Waals surface area (Å²) in [6, 6.07) is 18.3. The third-order valence-corrected chi connectivity index (χ3v) is 5.01.